The Bertz CT molecular complexity index is 247. The number of hydrogen-bond donors (Lipinski definition) is 0. The molecule has 14 heavy (non-hydrogen) atoms. The van der Waals surface area contributed by atoms with Gasteiger partial charge in [0.05, 0.1) is 6.61 Å². The molecule has 0 spiro atoms. The number of hydrogen-bond acceptors (Lipinski definition) is 3. The minimum Gasteiger partial charge on any atom is -0.465 e. The van der Waals surface area contributed by atoms with E-state index in [-0.39, 0.29) is 17.7 Å². The number of carbonyl (C=O) groups is 2. The van der Waals surface area contributed by atoms with Crippen molar-refractivity contribution in [1.29, 1.82) is 0 Å². The van der Waals surface area contributed by atoms with Gasteiger partial charge in [-0.3, -0.25) is 9.59 Å². The van der Waals surface area contributed by atoms with Crippen LogP contribution in [0.2, 0.25) is 0 Å². The number of rotatable bonds is 2. The number of carbonyl (C=O) groups excluding carboxylic acids is 2. The average Bonchev–Trinajstić information content (AvgIpc) is 2.14. The molecule has 0 N–H and O–H groups in total. The summed E-state index contributed by atoms with van der Waals surface area (Å²) in [7, 11) is 0. The van der Waals surface area contributed by atoms with E-state index in [9.17, 15) is 9.59 Å². The molecule has 1 aliphatic carbocycles. The summed E-state index contributed by atoms with van der Waals surface area (Å²) in [6, 6.07) is 0. The average molecular weight is 198 g/mol. The molecule has 0 unspecified atom stereocenters. The van der Waals surface area contributed by atoms with Crippen molar-refractivity contribution in [3.63, 3.8) is 0 Å². The second kappa shape index (κ2) is 4.11. The first kappa shape index (κ1) is 11.2. The summed E-state index contributed by atoms with van der Waals surface area (Å²) in [5.74, 6) is -0.308. The van der Waals surface area contributed by atoms with Gasteiger partial charge in [0.25, 0.3) is 0 Å². The fraction of sp³-hybridized carbons (Fsp3) is 0.818. The predicted octanol–water partition coefficient (Wildman–Crippen LogP) is 1.94. The normalized spacial score (nSPS) is 32.8. The summed E-state index contributed by atoms with van der Waals surface area (Å²) in [5, 5.41) is 0. The highest BCUT2D eigenvalue weighted by Crippen LogP contribution is 2.36. The van der Waals surface area contributed by atoms with E-state index in [1.165, 1.54) is 0 Å². The summed E-state index contributed by atoms with van der Waals surface area (Å²) < 4.78 is 4.94. The van der Waals surface area contributed by atoms with Crippen molar-refractivity contribution in [2.45, 2.75) is 40.0 Å². The second-order valence-electron chi connectivity index (χ2n) is 4.21. The number of ketones is 1. The monoisotopic (exact) mass is 198 g/mol. The summed E-state index contributed by atoms with van der Waals surface area (Å²) >= 11 is 0. The van der Waals surface area contributed by atoms with Crippen LogP contribution < -0.4 is 0 Å². The van der Waals surface area contributed by atoms with Crippen LogP contribution in [0, 0.1) is 11.3 Å². The van der Waals surface area contributed by atoms with Gasteiger partial charge in [-0.25, -0.2) is 0 Å². The lowest BCUT2D eigenvalue weighted by Gasteiger charge is -2.32. The van der Waals surface area contributed by atoms with Gasteiger partial charge in [0.15, 0.2) is 5.78 Å². The SMILES string of the molecule is CCOC(=O)[C@]1(C)CCC[C@@H](C)C1=O. The molecule has 0 aliphatic heterocycles. The highest BCUT2D eigenvalue weighted by molar-refractivity contribution is 6.04. The third kappa shape index (κ3) is 1.81. The zero-order valence-electron chi connectivity index (χ0n) is 9.13. The summed E-state index contributed by atoms with van der Waals surface area (Å²) in [6.07, 6.45) is 2.46. The Hall–Kier alpha value is -0.860. The molecule has 3 nitrogen and oxygen atoms in total. The molecule has 2 atom stereocenters. The van der Waals surface area contributed by atoms with Crippen LogP contribution >= 0.6 is 0 Å². The first-order valence-corrected chi connectivity index (χ1v) is 5.24. The molecule has 3 heteroatoms. The molecule has 1 fully saturated rings. The van der Waals surface area contributed by atoms with Crippen LogP contribution in [0.15, 0.2) is 0 Å². The van der Waals surface area contributed by atoms with E-state index in [0.717, 1.165) is 12.8 Å². The number of ether oxygens (including phenoxy) is 1. The second-order valence-corrected chi connectivity index (χ2v) is 4.21. The number of esters is 1. The van der Waals surface area contributed by atoms with E-state index < -0.39 is 5.41 Å². The molecule has 0 bridgehead atoms. The molecule has 0 aromatic carbocycles. The molecule has 80 valence electrons. The van der Waals surface area contributed by atoms with Gasteiger partial charge in [-0.15, -0.1) is 0 Å². The topological polar surface area (TPSA) is 43.4 Å². The van der Waals surface area contributed by atoms with Gasteiger partial charge < -0.3 is 4.74 Å². The van der Waals surface area contributed by atoms with Crippen molar-refractivity contribution in [2.75, 3.05) is 6.61 Å². The van der Waals surface area contributed by atoms with Crippen LogP contribution in [0.4, 0.5) is 0 Å². The molecular formula is C11H18O3. The van der Waals surface area contributed by atoms with Crippen LogP contribution in [0.25, 0.3) is 0 Å². The van der Waals surface area contributed by atoms with Crippen molar-refractivity contribution < 1.29 is 14.3 Å². The maximum absolute atomic E-state index is 11.9. The lowest BCUT2D eigenvalue weighted by molar-refractivity contribution is -0.162. The van der Waals surface area contributed by atoms with Gasteiger partial charge in [0.1, 0.15) is 5.41 Å². The smallest absolute Gasteiger partial charge is 0.319 e. The lowest BCUT2D eigenvalue weighted by Crippen LogP contribution is -2.43. The molecule has 0 radical (unpaired) electrons. The van der Waals surface area contributed by atoms with E-state index in [2.05, 4.69) is 0 Å². The van der Waals surface area contributed by atoms with Crippen molar-refractivity contribution in [3.8, 4) is 0 Å². The fourth-order valence-corrected chi connectivity index (χ4v) is 2.05. The van der Waals surface area contributed by atoms with Gasteiger partial charge in [0, 0.05) is 5.92 Å². The Morgan fingerprint density at radius 3 is 2.86 bits per heavy atom. The van der Waals surface area contributed by atoms with E-state index in [4.69, 9.17) is 4.74 Å². The Labute approximate surface area is 84.8 Å². The molecule has 1 saturated carbocycles. The molecule has 0 aromatic rings. The van der Waals surface area contributed by atoms with Crippen molar-refractivity contribution in [2.24, 2.45) is 11.3 Å². The van der Waals surface area contributed by atoms with Crippen molar-refractivity contribution in [3.05, 3.63) is 0 Å². The van der Waals surface area contributed by atoms with E-state index >= 15 is 0 Å². The van der Waals surface area contributed by atoms with Crippen molar-refractivity contribution in [1.82, 2.24) is 0 Å². The predicted molar refractivity (Wildman–Crippen MR) is 52.8 cm³/mol. The standard InChI is InChI=1S/C11H18O3/c1-4-14-10(13)11(3)7-5-6-8(2)9(11)12/h8H,4-7H2,1-3H3/t8-,11-/m1/s1. The molecule has 0 aromatic heterocycles. The summed E-state index contributed by atoms with van der Waals surface area (Å²) in [4.78, 5) is 23.5. The number of Topliss-reactive ketones (excluding diaryl/α,β-unsaturated/α-hetero) is 1. The fourth-order valence-electron chi connectivity index (χ4n) is 2.05. The maximum Gasteiger partial charge on any atom is 0.319 e. The van der Waals surface area contributed by atoms with Crippen LogP contribution in [-0.2, 0) is 14.3 Å². The highest BCUT2D eigenvalue weighted by atomic mass is 16.5. The molecule has 1 aliphatic rings. The summed E-state index contributed by atoms with van der Waals surface area (Å²) in [5.41, 5.74) is -0.881. The minimum atomic E-state index is -0.881. The minimum absolute atomic E-state index is 0.00171. The Morgan fingerprint density at radius 1 is 1.64 bits per heavy atom. The third-order valence-corrected chi connectivity index (χ3v) is 3.03. The Kier molecular flexibility index (Phi) is 3.29. The van der Waals surface area contributed by atoms with E-state index in [0.29, 0.717) is 13.0 Å². The molecule has 0 saturated heterocycles. The van der Waals surface area contributed by atoms with Crippen LogP contribution in [0.3, 0.4) is 0 Å². The van der Waals surface area contributed by atoms with Gasteiger partial charge >= 0.3 is 5.97 Å². The van der Waals surface area contributed by atoms with Gasteiger partial charge in [-0.2, -0.15) is 0 Å². The third-order valence-electron chi connectivity index (χ3n) is 3.03. The molecular weight excluding hydrogens is 180 g/mol. The zero-order valence-corrected chi connectivity index (χ0v) is 9.13. The molecule has 1 rings (SSSR count). The summed E-state index contributed by atoms with van der Waals surface area (Å²) in [6.45, 7) is 5.70. The quantitative estimate of drug-likeness (QED) is 0.503. The van der Waals surface area contributed by atoms with Gasteiger partial charge in [-0.05, 0) is 26.7 Å². The highest BCUT2D eigenvalue weighted by Gasteiger charge is 2.46. The van der Waals surface area contributed by atoms with Crippen LogP contribution in [-0.4, -0.2) is 18.4 Å². The van der Waals surface area contributed by atoms with Gasteiger partial charge in [0.2, 0.25) is 0 Å². The first-order valence-electron chi connectivity index (χ1n) is 5.24. The maximum atomic E-state index is 11.9. The van der Waals surface area contributed by atoms with Gasteiger partial charge in [-0.1, -0.05) is 13.3 Å². The largest absolute Gasteiger partial charge is 0.465 e. The van der Waals surface area contributed by atoms with Crippen molar-refractivity contribution >= 4 is 11.8 Å². The molecule has 0 heterocycles. The first-order chi connectivity index (χ1) is 6.52. The Balaban J connectivity index is 2.80. The Morgan fingerprint density at radius 2 is 2.29 bits per heavy atom. The van der Waals surface area contributed by atoms with Crippen LogP contribution in [0.1, 0.15) is 40.0 Å². The van der Waals surface area contributed by atoms with E-state index in [1.807, 2.05) is 6.92 Å². The lowest BCUT2D eigenvalue weighted by atomic mass is 9.70. The van der Waals surface area contributed by atoms with E-state index in [1.54, 1.807) is 13.8 Å². The molecule has 0 amide bonds. The van der Waals surface area contributed by atoms with Crippen LogP contribution in [0.5, 0.6) is 0 Å². The zero-order chi connectivity index (χ0) is 10.8.